The monoisotopic (exact) mass is 655 g/mol. The highest BCUT2D eigenvalue weighted by atomic mass is 35.5. The molecule has 0 spiro atoms. The van der Waals surface area contributed by atoms with Gasteiger partial charge in [0, 0.05) is 62.7 Å². The maximum absolute atomic E-state index is 14.8. The fourth-order valence-electron chi connectivity index (χ4n) is 5.96. The zero-order valence-corrected chi connectivity index (χ0v) is 26.9. The van der Waals surface area contributed by atoms with Crippen LogP contribution in [0.3, 0.4) is 0 Å². The lowest BCUT2D eigenvalue weighted by Gasteiger charge is -2.40. The lowest BCUT2D eigenvalue weighted by Crippen LogP contribution is -2.58. The fourth-order valence-corrected chi connectivity index (χ4v) is 6.09. The van der Waals surface area contributed by atoms with Crippen molar-refractivity contribution < 1.29 is 18.8 Å². The van der Waals surface area contributed by atoms with Crippen molar-refractivity contribution in [3.8, 4) is 0 Å². The molecule has 45 heavy (non-hydrogen) atoms. The minimum Gasteiger partial charge on any atom is -0.354 e. The Bertz CT molecular complexity index is 1470. The van der Waals surface area contributed by atoms with Gasteiger partial charge in [0.1, 0.15) is 11.9 Å². The number of rotatable bonds is 10. The van der Waals surface area contributed by atoms with Crippen LogP contribution in [0.1, 0.15) is 41.6 Å². The summed E-state index contributed by atoms with van der Waals surface area (Å²) in [7, 11) is 0. The molecule has 1 fully saturated rings. The summed E-state index contributed by atoms with van der Waals surface area (Å²) in [6, 6.07) is 20.4. The molecule has 0 aromatic heterocycles. The van der Waals surface area contributed by atoms with E-state index in [9.17, 15) is 18.8 Å². The van der Waals surface area contributed by atoms with Gasteiger partial charge in [-0.15, -0.1) is 12.4 Å². The van der Waals surface area contributed by atoms with Crippen LogP contribution in [0.15, 0.2) is 72.8 Å². The van der Waals surface area contributed by atoms with Gasteiger partial charge in [0.2, 0.25) is 17.7 Å². The van der Waals surface area contributed by atoms with Crippen LogP contribution in [0.25, 0.3) is 0 Å². The van der Waals surface area contributed by atoms with E-state index < -0.39 is 12.1 Å². The van der Waals surface area contributed by atoms with Crippen LogP contribution in [-0.2, 0) is 33.8 Å². The average molecular weight is 657 g/mol. The molecule has 8 nitrogen and oxygen atoms in total. The van der Waals surface area contributed by atoms with E-state index in [1.807, 2.05) is 30.3 Å². The summed E-state index contributed by atoms with van der Waals surface area (Å²) in [5.41, 5.74) is 3.70. The zero-order valence-electron chi connectivity index (χ0n) is 25.3. The number of carbonyl (C=O) groups excluding carboxylic acids is 3. The van der Waals surface area contributed by atoms with E-state index in [0.717, 1.165) is 11.1 Å². The first-order chi connectivity index (χ1) is 21.3. The highest BCUT2D eigenvalue weighted by Crippen LogP contribution is 2.25. The number of hydrogen-bond acceptors (Lipinski definition) is 5. The summed E-state index contributed by atoms with van der Waals surface area (Å²) < 4.78 is 14.8. The Hall–Kier alpha value is -3.50. The van der Waals surface area contributed by atoms with Gasteiger partial charge in [-0.2, -0.15) is 0 Å². The van der Waals surface area contributed by atoms with Gasteiger partial charge >= 0.3 is 0 Å². The molecule has 3 unspecified atom stereocenters. The second-order valence-electron chi connectivity index (χ2n) is 11.4. The average Bonchev–Trinajstić information content (AvgIpc) is 3.05. The molecule has 2 heterocycles. The number of carbonyl (C=O) groups is 3. The molecule has 1 saturated heterocycles. The largest absolute Gasteiger partial charge is 0.354 e. The zero-order chi connectivity index (χ0) is 31.1. The maximum Gasteiger partial charge on any atom is 0.245 e. The molecule has 240 valence electrons. The summed E-state index contributed by atoms with van der Waals surface area (Å²) >= 11 is 6.10. The first-order valence-corrected chi connectivity index (χ1v) is 15.6. The second kappa shape index (κ2) is 16.2. The van der Waals surface area contributed by atoms with Crippen molar-refractivity contribution in [1.82, 2.24) is 25.8 Å². The molecular weight excluding hydrogens is 616 g/mol. The number of nitrogens with zero attached hydrogens (tertiary/aromatic N) is 2. The first-order valence-electron chi connectivity index (χ1n) is 15.2. The smallest absolute Gasteiger partial charge is 0.245 e. The molecule has 0 saturated carbocycles. The van der Waals surface area contributed by atoms with Gasteiger partial charge in [-0.25, -0.2) is 4.39 Å². The minimum atomic E-state index is -0.764. The van der Waals surface area contributed by atoms with Crippen LogP contribution in [0, 0.1) is 5.82 Å². The Morgan fingerprint density at radius 2 is 1.62 bits per heavy atom. The van der Waals surface area contributed by atoms with Crippen molar-refractivity contribution in [2.45, 2.75) is 50.9 Å². The Morgan fingerprint density at radius 1 is 0.956 bits per heavy atom. The number of halogens is 3. The van der Waals surface area contributed by atoms with Crippen molar-refractivity contribution in [2.24, 2.45) is 0 Å². The second-order valence-corrected chi connectivity index (χ2v) is 11.8. The first kappa shape index (κ1) is 34.4. The van der Waals surface area contributed by atoms with Crippen LogP contribution < -0.4 is 16.0 Å². The highest BCUT2D eigenvalue weighted by Gasteiger charge is 2.34. The third-order valence-electron chi connectivity index (χ3n) is 8.51. The van der Waals surface area contributed by atoms with Crippen LogP contribution in [-0.4, -0.2) is 72.3 Å². The highest BCUT2D eigenvalue weighted by molar-refractivity contribution is 6.30. The number of fused-ring (bicyclic) bond motifs is 1. The molecule has 3 amide bonds. The van der Waals surface area contributed by atoms with Crippen LogP contribution in [0.4, 0.5) is 4.39 Å². The third-order valence-corrected chi connectivity index (χ3v) is 8.76. The van der Waals surface area contributed by atoms with Crippen molar-refractivity contribution in [1.29, 1.82) is 0 Å². The van der Waals surface area contributed by atoms with Crippen LogP contribution in [0.2, 0.25) is 5.02 Å². The van der Waals surface area contributed by atoms with Crippen molar-refractivity contribution >= 4 is 41.7 Å². The Balaban J connectivity index is 0.00000461. The van der Waals surface area contributed by atoms with Gasteiger partial charge in [-0.3, -0.25) is 19.3 Å². The van der Waals surface area contributed by atoms with Crippen LogP contribution in [0.5, 0.6) is 0 Å². The molecule has 11 heteroatoms. The SMILES string of the molecule is CCC(=O)NCC(c1ccccc1F)N1CCN(C(=O)C(Cc2ccc(Cl)cc2)NC(=O)C2Cc3ccccc3CN2)CC1.Cl. The number of hydrogen-bond donors (Lipinski definition) is 3. The maximum atomic E-state index is 14.8. The molecule has 3 atom stereocenters. The number of piperazine rings is 1. The molecule has 0 radical (unpaired) electrons. The molecule has 3 aromatic rings. The number of nitrogens with one attached hydrogen (secondary N) is 3. The van der Waals surface area contributed by atoms with Crippen molar-refractivity contribution in [3.63, 3.8) is 0 Å². The lowest BCUT2D eigenvalue weighted by molar-refractivity contribution is -0.138. The van der Waals surface area contributed by atoms with E-state index >= 15 is 0 Å². The van der Waals surface area contributed by atoms with E-state index in [0.29, 0.717) is 62.6 Å². The van der Waals surface area contributed by atoms with Gasteiger partial charge in [-0.1, -0.05) is 73.1 Å². The summed E-state index contributed by atoms with van der Waals surface area (Å²) in [6.45, 7) is 4.45. The van der Waals surface area contributed by atoms with E-state index in [2.05, 4.69) is 26.9 Å². The van der Waals surface area contributed by atoms with E-state index in [-0.39, 0.29) is 48.5 Å². The number of amides is 3. The van der Waals surface area contributed by atoms with E-state index in [4.69, 9.17) is 11.6 Å². The molecule has 2 aliphatic rings. The quantitative estimate of drug-likeness (QED) is 0.306. The van der Waals surface area contributed by atoms with Crippen LogP contribution >= 0.6 is 24.0 Å². The molecule has 5 rings (SSSR count). The minimum absolute atomic E-state index is 0. The van der Waals surface area contributed by atoms with Gasteiger partial charge in [0.15, 0.2) is 0 Å². The van der Waals surface area contributed by atoms with Crippen molar-refractivity contribution in [2.75, 3.05) is 32.7 Å². The molecule has 3 N–H and O–H groups in total. The molecule has 2 aliphatic heterocycles. The standard InChI is InChI=1S/C34H39ClFN5O3.ClH/c1-2-32(42)38-22-31(27-9-5-6-10-28(27)36)40-15-17-41(18-16-40)34(44)30(19-23-11-13-26(35)14-12-23)39-33(43)29-20-24-7-3-4-8-25(24)21-37-29;/h3-14,29-31,37H,2,15-22H2,1H3,(H,38,42)(H,39,43);1H. The Morgan fingerprint density at radius 3 is 2.31 bits per heavy atom. The summed E-state index contributed by atoms with van der Waals surface area (Å²) in [6.07, 6.45) is 1.22. The van der Waals surface area contributed by atoms with E-state index in [1.54, 1.807) is 42.2 Å². The Kier molecular flexibility index (Phi) is 12.4. The van der Waals surface area contributed by atoms with Gasteiger partial charge in [0.25, 0.3) is 0 Å². The lowest BCUT2D eigenvalue weighted by atomic mass is 9.95. The molecule has 3 aromatic carbocycles. The molecule has 0 aliphatic carbocycles. The number of benzene rings is 3. The molecular formula is C34H40Cl2FN5O3. The Labute approximate surface area is 275 Å². The fraction of sp³-hybridized carbons (Fsp3) is 0.382. The third kappa shape index (κ3) is 8.82. The van der Waals surface area contributed by atoms with Gasteiger partial charge in [0.05, 0.1) is 12.1 Å². The van der Waals surface area contributed by atoms with E-state index in [1.165, 1.54) is 11.6 Å². The normalized spacial score (nSPS) is 17.8. The summed E-state index contributed by atoms with van der Waals surface area (Å²) in [4.78, 5) is 43.4. The molecule has 0 bridgehead atoms. The van der Waals surface area contributed by atoms with Gasteiger partial charge in [-0.05, 0) is 41.3 Å². The summed E-state index contributed by atoms with van der Waals surface area (Å²) in [5.74, 6) is -0.800. The van der Waals surface area contributed by atoms with Crippen molar-refractivity contribution in [3.05, 3.63) is 106 Å². The summed E-state index contributed by atoms with van der Waals surface area (Å²) in [5, 5.41) is 9.86. The predicted octanol–water partition coefficient (Wildman–Crippen LogP) is 4.05. The van der Waals surface area contributed by atoms with Gasteiger partial charge < -0.3 is 20.9 Å². The topological polar surface area (TPSA) is 93.8 Å². The predicted molar refractivity (Wildman–Crippen MR) is 176 cm³/mol.